The molecule has 1 aromatic carbocycles. The lowest BCUT2D eigenvalue weighted by Gasteiger charge is -2.23. The van der Waals surface area contributed by atoms with E-state index in [0.29, 0.717) is 6.54 Å². The molecule has 1 aromatic rings. The molecule has 0 aromatic heterocycles. The molecule has 1 aliphatic rings. The summed E-state index contributed by atoms with van der Waals surface area (Å²) in [6.45, 7) is 1.41. The SMILES string of the molecule is CSCc1ccc(C(=O)N2CCC[C@H]2CN)cc1. The zero-order chi connectivity index (χ0) is 13.0. The van der Waals surface area contributed by atoms with E-state index in [2.05, 4.69) is 6.26 Å². The van der Waals surface area contributed by atoms with E-state index in [0.717, 1.165) is 30.7 Å². The largest absolute Gasteiger partial charge is 0.334 e. The molecule has 0 saturated carbocycles. The predicted octanol–water partition coefficient (Wildman–Crippen LogP) is 2.11. The molecule has 1 heterocycles. The van der Waals surface area contributed by atoms with Gasteiger partial charge in [-0.25, -0.2) is 0 Å². The number of hydrogen-bond acceptors (Lipinski definition) is 3. The molecule has 1 fully saturated rings. The number of hydrogen-bond donors (Lipinski definition) is 1. The van der Waals surface area contributed by atoms with Crippen LogP contribution in [0.4, 0.5) is 0 Å². The van der Waals surface area contributed by atoms with Crippen LogP contribution >= 0.6 is 11.8 Å². The first kappa shape index (κ1) is 13.4. The van der Waals surface area contributed by atoms with Gasteiger partial charge in [-0.1, -0.05) is 12.1 Å². The third kappa shape index (κ3) is 2.87. The normalized spacial score (nSPS) is 19.2. The van der Waals surface area contributed by atoms with Gasteiger partial charge < -0.3 is 10.6 Å². The third-order valence-corrected chi connectivity index (χ3v) is 4.04. The maximum absolute atomic E-state index is 12.4. The molecule has 0 unspecified atom stereocenters. The topological polar surface area (TPSA) is 46.3 Å². The fraction of sp³-hybridized carbons (Fsp3) is 0.500. The Morgan fingerprint density at radius 1 is 1.44 bits per heavy atom. The quantitative estimate of drug-likeness (QED) is 0.906. The van der Waals surface area contributed by atoms with E-state index < -0.39 is 0 Å². The van der Waals surface area contributed by atoms with Gasteiger partial charge in [-0.05, 0) is 36.8 Å². The highest BCUT2D eigenvalue weighted by molar-refractivity contribution is 7.97. The van der Waals surface area contributed by atoms with Gasteiger partial charge >= 0.3 is 0 Å². The molecule has 1 saturated heterocycles. The smallest absolute Gasteiger partial charge is 0.254 e. The molecule has 1 aliphatic heterocycles. The molecular formula is C14H20N2OS. The molecule has 0 radical (unpaired) electrons. The van der Waals surface area contributed by atoms with E-state index >= 15 is 0 Å². The zero-order valence-electron chi connectivity index (χ0n) is 10.8. The minimum atomic E-state index is 0.124. The number of carbonyl (C=O) groups is 1. The Labute approximate surface area is 113 Å². The Balaban J connectivity index is 2.08. The highest BCUT2D eigenvalue weighted by Crippen LogP contribution is 2.20. The minimum absolute atomic E-state index is 0.124. The first-order valence-corrected chi connectivity index (χ1v) is 7.74. The van der Waals surface area contributed by atoms with Gasteiger partial charge in [0.15, 0.2) is 0 Å². The fourth-order valence-corrected chi connectivity index (χ4v) is 2.95. The van der Waals surface area contributed by atoms with Crippen LogP contribution in [0.1, 0.15) is 28.8 Å². The van der Waals surface area contributed by atoms with Crippen LogP contribution in [-0.4, -0.2) is 36.2 Å². The molecule has 18 heavy (non-hydrogen) atoms. The number of rotatable bonds is 4. The average molecular weight is 264 g/mol. The molecule has 3 nitrogen and oxygen atoms in total. The third-order valence-electron chi connectivity index (χ3n) is 3.42. The average Bonchev–Trinajstić information content (AvgIpc) is 2.87. The molecule has 0 aliphatic carbocycles. The minimum Gasteiger partial charge on any atom is -0.334 e. The van der Waals surface area contributed by atoms with Crippen molar-refractivity contribution in [3.63, 3.8) is 0 Å². The second kappa shape index (κ2) is 6.25. The van der Waals surface area contributed by atoms with Crippen LogP contribution in [-0.2, 0) is 5.75 Å². The van der Waals surface area contributed by atoms with Gasteiger partial charge in [0.2, 0.25) is 0 Å². The standard InChI is InChI=1S/C14H20N2OS/c1-18-10-11-4-6-12(7-5-11)14(17)16-8-2-3-13(16)9-15/h4-7,13H,2-3,8-10,15H2,1H3/t13-/m0/s1. The van der Waals surface area contributed by atoms with Crippen LogP contribution in [0.15, 0.2) is 24.3 Å². The first-order valence-electron chi connectivity index (χ1n) is 6.35. The summed E-state index contributed by atoms with van der Waals surface area (Å²) in [6, 6.07) is 8.16. The lowest BCUT2D eigenvalue weighted by atomic mass is 10.1. The van der Waals surface area contributed by atoms with E-state index in [4.69, 9.17) is 5.73 Å². The molecule has 2 N–H and O–H groups in total. The highest BCUT2D eigenvalue weighted by Gasteiger charge is 2.28. The lowest BCUT2D eigenvalue weighted by molar-refractivity contribution is 0.0741. The summed E-state index contributed by atoms with van der Waals surface area (Å²) < 4.78 is 0. The maximum atomic E-state index is 12.4. The summed E-state index contributed by atoms with van der Waals surface area (Å²) in [6.07, 6.45) is 4.18. The molecule has 4 heteroatoms. The monoisotopic (exact) mass is 264 g/mol. The number of thioether (sulfide) groups is 1. The summed E-state index contributed by atoms with van der Waals surface area (Å²) in [7, 11) is 0. The van der Waals surface area contributed by atoms with Crippen molar-refractivity contribution in [1.82, 2.24) is 4.90 Å². The summed E-state index contributed by atoms with van der Waals surface area (Å²) in [5, 5.41) is 0. The number of benzene rings is 1. The van der Waals surface area contributed by atoms with E-state index in [1.807, 2.05) is 29.2 Å². The lowest BCUT2D eigenvalue weighted by Crippen LogP contribution is -2.39. The second-order valence-electron chi connectivity index (χ2n) is 4.66. The van der Waals surface area contributed by atoms with Crippen molar-refractivity contribution in [3.05, 3.63) is 35.4 Å². The number of nitrogens with two attached hydrogens (primary N) is 1. The highest BCUT2D eigenvalue weighted by atomic mass is 32.2. The predicted molar refractivity (Wildman–Crippen MR) is 76.8 cm³/mol. The molecule has 98 valence electrons. The molecule has 1 atom stereocenters. The molecule has 1 amide bonds. The van der Waals surface area contributed by atoms with Crippen LogP contribution in [0.2, 0.25) is 0 Å². The number of nitrogens with zero attached hydrogens (tertiary/aromatic N) is 1. The zero-order valence-corrected chi connectivity index (χ0v) is 11.6. The number of likely N-dealkylation sites (tertiary alicyclic amines) is 1. The molecular weight excluding hydrogens is 244 g/mol. The van der Waals surface area contributed by atoms with Crippen LogP contribution in [0.25, 0.3) is 0 Å². The van der Waals surface area contributed by atoms with Gasteiger partial charge in [0.1, 0.15) is 0 Å². The van der Waals surface area contributed by atoms with Crippen molar-refractivity contribution in [1.29, 1.82) is 0 Å². The molecule has 2 rings (SSSR count). The van der Waals surface area contributed by atoms with Gasteiger partial charge in [0.25, 0.3) is 5.91 Å². The van der Waals surface area contributed by atoms with Crippen LogP contribution in [0.5, 0.6) is 0 Å². The summed E-state index contributed by atoms with van der Waals surface area (Å²) in [4.78, 5) is 14.3. The summed E-state index contributed by atoms with van der Waals surface area (Å²) >= 11 is 1.79. The van der Waals surface area contributed by atoms with Crippen molar-refractivity contribution in [2.45, 2.75) is 24.6 Å². The Morgan fingerprint density at radius 2 is 2.17 bits per heavy atom. The maximum Gasteiger partial charge on any atom is 0.254 e. The number of carbonyl (C=O) groups excluding carboxylic acids is 1. The summed E-state index contributed by atoms with van der Waals surface area (Å²) in [5.41, 5.74) is 7.75. The molecule has 0 bridgehead atoms. The fourth-order valence-electron chi connectivity index (χ4n) is 2.42. The van der Waals surface area contributed by atoms with E-state index in [-0.39, 0.29) is 11.9 Å². The van der Waals surface area contributed by atoms with Crippen molar-refractivity contribution < 1.29 is 4.79 Å². The van der Waals surface area contributed by atoms with Gasteiger partial charge in [0, 0.05) is 30.4 Å². The van der Waals surface area contributed by atoms with Crippen LogP contribution in [0.3, 0.4) is 0 Å². The Hall–Kier alpha value is -1.00. The van der Waals surface area contributed by atoms with Crippen LogP contribution in [0, 0.1) is 0 Å². The first-order chi connectivity index (χ1) is 8.76. The Kier molecular flexibility index (Phi) is 4.66. The van der Waals surface area contributed by atoms with E-state index in [1.165, 1.54) is 5.56 Å². The van der Waals surface area contributed by atoms with Crippen LogP contribution < -0.4 is 5.73 Å². The van der Waals surface area contributed by atoms with Crippen molar-refractivity contribution >= 4 is 17.7 Å². The van der Waals surface area contributed by atoms with Crippen molar-refractivity contribution in [2.24, 2.45) is 5.73 Å². The van der Waals surface area contributed by atoms with Gasteiger partial charge in [-0.15, -0.1) is 0 Å². The van der Waals surface area contributed by atoms with Crippen molar-refractivity contribution in [3.8, 4) is 0 Å². The second-order valence-corrected chi connectivity index (χ2v) is 5.53. The summed E-state index contributed by atoms with van der Waals surface area (Å²) in [5.74, 6) is 1.11. The van der Waals surface area contributed by atoms with Gasteiger partial charge in [-0.3, -0.25) is 4.79 Å². The van der Waals surface area contributed by atoms with Gasteiger partial charge in [-0.2, -0.15) is 11.8 Å². The molecule has 0 spiro atoms. The Morgan fingerprint density at radius 3 is 2.78 bits per heavy atom. The Bertz CT molecular complexity index is 405. The van der Waals surface area contributed by atoms with Gasteiger partial charge in [0.05, 0.1) is 0 Å². The van der Waals surface area contributed by atoms with E-state index in [1.54, 1.807) is 11.8 Å². The van der Waals surface area contributed by atoms with Crippen molar-refractivity contribution in [2.75, 3.05) is 19.3 Å². The number of amides is 1. The van der Waals surface area contributed by atoms with E-state index in [9.17, 15) is 4.79 Å².